The maximum absolute atomic E-state index is 12.4. The van der Waals surface area contributed by atoms with E-state index in [2.05, 4.69) is 42.3 Å². The standard InChI is InChI=1S/C24H25N9O3S/c1-31(9-10-34)21-11-23(26-13-18(21)4-3-17-12-27-32(2)15-17)29-22-7-8-25-24(30-22)19-14-28-33(16-19)37(35,36)20-5-6-20/h7-8,11-16,20,34H,5-6,9-10H2,1-2H3,(H,25,26,29,30). The second-order valence-corrected chi connectivity index (χ2v) is 10.7. The van der Waals surface area contributed by atoms with Crippen molar-refractivity contribution in [3.05, 3.63) is 60.4 Å². The number of aliphatic hydroxyl groups is 1. The molecule has 5 rings (SSSR count). The summed E-state index contributed by atoms with van der Waals surface area (Å²) in [5.41, 5.74) is 2.74. The van der Waals surface area contributed by atoms with Gasteiger partial charge in [-0.2, -0.15) is 14.3 Å². The van der Waals surface area contributed by atoms with Gasteiger partial charge < -0.3 is 15.3 Å². The Morgan fingerprint density at radius 3 is 2.70 bits per heavy atom. The molecule has 1 aliphatic carbocycles. The first-order valence-corrected chi connectivity index (χ1v) is 13.1. The van der Waals surface area contributed by atoms with E-state index in [0.717, 1.165) is 15.3 Å². The number of aliphatic hydroxyl groups excluding tert-OH is 1. The van der Waals surface area contributed by atoms with Crippen molar-refractivity contribution in [1.29, 1.82) is 0 Å². The fourth-order valence-corrected chi connectivity index (χ4v) is 5.07. The highest BCUT2D eigenvalue weighted by Crippen LogP contribution is 2.30. The molecule has 0 bridgehead atoms. The number of nitrogens with one attached hydrogen (secondary N) is 1. The summed E-state index contributed by atoms with van der Waals surface area (Å²) in [4.78, 5) is 15.1. The van der Waals surface area contributed by atoms with E-state index < -0.39 is 10.0 Å². The van der Waals surface area contributed by atoms with E-state index in [0.29, 0.717) is 48.0 Å². The molecule has 1 saturated carbocycles. The SMILES string of the molecule is CN(CCO)c1cc(Nc2ccnc(-c3cnn(S(=O)(=O)C4CC4)c3)n2)ncc1C#Cc1cnn(C)c1. The van der Waals surface area contributed by atoms with Crippen molar-refractivity contribution < 1.29 is 13.5 Å². The van der Waals surface area contributed by atoms with Gasteiger partial charge in [0.2, 0.25) is 0 Å². The minimum atomic E-state index is -3.47. The van der Waals surface area contributed by atoms with Crippen LogP contribution in [-0.2, 0) is 17.1 Å². The molecule has 0 aromatic carbocycles. The maximum atomic E-state index is 12.4. The molecule has 0 radical (unpaired) electrons. The lowest BCUT2D eigenvalue weighted by molar-refractivity contribution is 0.304. The van der Waals surface area contributed by atoms with E-state index in [4.69, 9.17) is 0 Å². The van der Waals surface area contributed by atoms with E-state index in [1.54, 1.807) is 29.3 Å². The van der Waals surface area contributed by atoms with Crippen molar-refractivity contribution in [2.24, 2.45) is 7.05 Å². The van der Waals surface area contributed by atoms with Crippen LogP contribution < -0.4 is 10.2 Å². The Morgan fingerprint density at radius 2 is 1.97 bits per heavy atom. The van der Waals surface area contributed by atoms with Crippen LogP contribution in [0.25, 0.3) is 11.4 Å². The highest BCUT2D eigenvalue weighted by Gasteiger charge is 2.37. The molecule has 13 heteroatoms. The van der Waals surface area contributed by atoms with Crippen LogP contribution in [0, 0.1) is 11.8 Å². The minimum absolute atomic E-state index is 0.0174. The molecule has 1 aliphatic rings. The third kappa shape index (κ3) is 5.45. The van der Waals surface area contributed by atoms with Crippen molar-refractivity contribution in [1.82, 2.24) is 33.9 Å². The number of hydrogen-bond donors (Lipinski definition) is 2. The fourth-order valence-electron chi connectivity index (χ4n) is 3.60. The summed E-state index contributed by atoms with van der Waals surface area (Å²) < 4.78 is 27.6. The van der Waals surface area contributed by atoms with Gasteiger partial charge in [0, 0.05) is 45.3 Å². The normalized spacial score (nSPS) is 13.2. The van der Waals surface area contributed by atoms with Crippen molar-refractivity contribution >= 4 is 27.3 Å². The van der Waals surface area contributed by atoms with Crippen molar-refractivity contribution in [3.8, 4) is 23.2 Å². The summed E-state index contributed by atoms with van der Waals surface area (Å²) in [6.45, 7) is 0.396. The van der Waals surface area contributed by atoms with Gasteiger partial charge in [-0.05, 0) is 18.9 Å². The van der Waals surface area contributed by atoms with Gasteiger partial charge in [0.05, 0.1) is 52.8 Å². The van der Waals surface area contributed by atoms with Gasteiger partial charge in [-0.25, -0.2) is 23.4 Å². The van der Waals surface area contributed by atoms with Crippen LogP contribution in [0.5, 0.6) is 0 Å². The summed E-state index contributed by atoms with van der Waals surface area (Å²) in [6.07, 6.45) is 10.9. The van der Waals surface area contributed by atoms with E-state index in [1.165, 1.54) is 12.4 Å². The topological polar surface area (TPSA) is 144 Å². The predicted octanol–water partition coefficient (Wildman–Crippen LogP) is 1.38. The molecule has 0 amide bonds. The molecule has 190 valence electrons. The lowest BCUT2D eigenvalue weighted by atomic mass is 10.2. The lowest BCUT2D eigenvalue weighted by Gasteiger charge is -2.20. The van der Waals surface area contributed by atoms with Gasteiger partial charge in [-0.3, -0.25) is 4.68 Å². The van der Waals surface area contributed by atoms with E-state index in [9.17, 15) is 13.5 Å². The Kier molecular flexibility index (Phi) is 6.60. The summed E-state index contributed by atoms with van der Waals surface area (Å²) in [7, 11) is 0.221. The maximum Gasteiger partial charge on any atom is 0.256 e. The smallest absolute Gasteiger partial charge is 0.256 e. The summed E-state index contributed by atoms with van der Waals surface area (Å²) >= 11 is 0. The first kappa shape index (κ1) is 24.4. The number of aryl methyl sites for hydroxylation is 1. The van der Waals surface area contributed by atoms with E-state index in [1.807, 2.05) is 31.3 Å². The number of rotatable bonds is 8. The zero-order valence-electron chi connectivity index (χ0n) is 20.3. The highest BCUT2D eigenvalue weighted by atomic mass is 32.2. The van der Waals surface area contributed by atoms with Gasteiger partial charge >= 0.3 is 0 Å². The first-order chi connectivity index (χ1) is 17.8. The zero-order chi connectivity index (χ0) is 26.0. The van der Waals surface area contributed by atoms with Crippen molar-refractivity contribution in [2.75, 3.05) is 30.4 Å². The molecule has 0 saturated heterocycles. The van der Waals surface area contributed by atoms with Gasteiger partial charge in [0.1, 0.15) is 11.6 Å². The average Bonchev–Trinajstić information content (AvgIpc) is 3.49. The van der Waals surface area contributed by atoms with Crippen LogP contribution >= 0.6 is 0 Å². The average molecular weight is 520 g/mol. The molecule has 4 heterocycles. The Bertz CT molecular complexity index is 1600. The molecule has 0 spiro atoms. The molecular weight excluding hydrogens is 494 g/mol. The fraction of sp³-hybridized carbons (Fsp3) is 0.292. The molecule has 12 nitrogen and oxygen atoms in total. The molecule has 4 aromatic heterocycles. The first-order valence-electron chi connectivity index (χ1n) is 11.6. The second-order valence-electron chi connectivity index (χ2n) is 8.62. The molecule has 0 unspecified atom stereocenters. The third-order valence-electron chi connectivity index (χ3n) is 5.71. The molecule has 1 fully saturated rings. The number of aromatic nitrogens is 7. The van der Waals surface area contributed by atoms with Crippen LogP contribution in [0.15, 0.2) is 49.3 Å². The van der Waals surface area contributed by atoms with Gasteiger partial charge in [0.25, 0.3) is 10.0 Å². The molecular formula is C24H25N9O3S. The molecule has 0 atom stereocenters. The Hall–Kier alpha value is -4.28. The second kappa shape index (κ2) is 10.00. The van der Waals surface area contributed by atoms with Gasteiger partial charge in [0.15, 0.2) is 5.82 Å². The van der Waals surface area contributed by atoms with Crippen LogP contribution in [0.2, 0.25) is 0 Å². The number of anilines is 3. The zero-order valence-corrected chi connectivity index (χ0v) is 21.1. The summed E-state index contributed by atoms with van der Waals surface area (Å²) in [6, 6.07) is 3.51. The molecule has 37 heavy (non-hydrogen) atoms. The molecule has 4 aromatic rings. The van der Waals surface area contributed by atoms with Crippen LogP contribution in [0.4, 0.5) is 17.3 Å². The monoisotopic (exact) mass is 519 g/mol. The lowest BCUT2D eigenvalue weighted by Crippen LogP contribution is -2.22. The van der Waals surface area contributed by atoms with Crippen LogP contribution in [0.3, 0.4) is 0 Å². The number of likely N-dealkylation sites (N-methyl/N-ethyl adjacent to an activating group) is 1. The Labute approximate surface area is 214 Å². The number of hydrogen-bond acceptors (Lipinski definition) is 10. The quantitative estimate of drug-likeness (QED) is 0.328. The Balaban J connectivity index is 1.40. The third-order valence-corrected chi connectivity index (χ3v) is 7.75. The predicted molar refractivity (Wildman–Crippen MR) is 138 cm³/mol. The van der Waals surface area contributed by atoms with E-state index in [-0.39, 0.29) is 11.9 Å². The number of nitrogens with zero attached hydrogens (tertiary/aromatic N) is 8. The van der Waals surface area contributed by atoms with Crippen molar-refractivity contribution in [3.63, 3.8) is 0 Å². The van der Waals surface area contributed by atoms with Crippen LogP contribution in [-0.4, -0.2) is 72.9 Å². The molecule has 2 N–H and O–H groups in total. The number of pyridine rings is 1. The highest BCUT2D eigenvalue weighted by molar-refractivity contribution is 7.90. The molecule has 0 aliphatic heterocycles. The van der Waals surface area contributed by atoms with Gasteiger partial charge in [-0.15, -0.1) is 0 Å². The Morgan fingerprint density at radius 1 is 1.14 bits per heavy atom. The van der Waals surface area contributed by atoms with Gasteiger partial charge in [-0.1, -0.05) is 11.8 Å². The van der Waals surface area contributed by atoms with E-state index >= 15 is 0 Å². The summed E-state index contributed by atoms with van der Waals surface area (Å²) in [5, 5.41) is 20.4. The largest absolute Gasteiger partial charge is 0.395 e. The van der Waals surface area contributed by atoms with Crippen molar-refractivity contribution in [2.45, 2.75) is 18.1 Å². The minimum Gasteiger partial charge on any atom is -0.395 e. The van der Waals surface area contributed by atoms with Crippen LogP contribution in [0.1, 0.15) is 24.0 Å². The summed E-state index contributed by atoms with van der Waals surface area (Å²) in [5.74, 6) is 7.53.